The van der Waals surface area contributed by atoms with Gasteiger partial charge in [0, 0.05) is 13.6 Å². The molecule has 0 aromatic heterocycles. The Bertz CT molecular complexity index is 416. The van der Waals surface area contributed by atoms with Crippen LogP contribution in [0.1, 0.15) is 30.6 Å². The van der Waals surface area contributed by atoms with E-state index in [0.29, 0.717) is 17.2 Å². The van der Waals surface area contributed by atoms with Crippen molar-refractivity contribution in [2.75, 3.05) is 31.3 Å². The number of rotatable bonds is 5. The highest BCUT2D eigenvalue weighted by molar-refractivity contribution is 5.92. The Labute approximate surface area is 109 Å². The Morgan fingerprint density at radius 2 is 2.11 bits per heavy atom. The fourth-order valence-corrected chi connectivity index (χ4v) is 1.69. The van der Waals surface area contributed by atoms with Gasteiger partial charge >= 0.3 is 5.97 Å². The molecular formula is C14H22N2O2. The largest absolute Gasteiger partial charge is 0.465 e. The molecule has 4 heteroatoms. The van der Waals surface area contributed by atoms with Crippen molar-refractivity contribution in [2.45, 2.75) is 20.3 Å². The third-order valence-corrected chi connectivity index (χ3v) is 2.90. The molecule has 0 unspecified atom stereocenters. The first-order chi connectivity index (χ1) is 8.45. The topological polar surface area (TPSA) is 55.6 Å². The number of carbonyl (C=O) groups is 1. The van der Waals surface area contributed by atoms with Gasteiger partial charge in [0.2, 0.25) is 0 Å². The minimum atomic E-state index is -0.339. The van der Waals surface area contributed by atoms with E-state index in [4.69, 9.17) is 10.5 Å². The first kappa shape index (κ1) is 14.4. The third-order valence-electron chi connectivity index (χ3n) is 2.90. The van der Waals surface area contributed by atoms with Crippen LogP contribution in [0.5, 0.6) is 0 Å². The lowest BCUT2D eigenvalue weighted by atomic mass is 10.1. The van der Waals surface area contributed by atoms with Crippen molar-refractivity contribution >= 4 is 17.3 Å². The summed E-state index contributed by atoms with van der Waals surface area (Å²) < 4.78 is 4.71. The standard InChI is InChI=1S/C14H22N2O2/c1-10(2)7-8-16(3)13-9-11(14(17)18-4)5-6-12(13)15/h5-6,9-10H,7-8,15H2,1-4H3. The number of esters is 1. The zero-order chi connectivity index (χ0) is 13.7. The molecule has 0 bridgehead atoms. The molecular weight excluding hydrogens is 228 g/mol. The minimum absolute atomic E-state index is 0.339. The second kappa shape index (κ2) is 6.28. The lowest BCUT2D eigenvalue weighted by molar-refractivity contribution is 0.0601. The average Bonchev–Trinajstić information content (AvgIpc) is 2.35. The zero-order valence-corrected chi connectivity index (χ0v) is 11.6. The van der Waals surface area contributed by atoms with Crippen LogP contribution in [-0.4, -0.2) is 26.7 Å². The van der Waals surface area contributed by atoms with Crippen LogP contribution in [0.2, 0.25) is 0 Å². The minimum Gasteiger partial charge on any atom is -0.465 e. The van der Waals surface area contributed by atoms with Crippen molar-refractivity contribution in [1.29, 1.82) is 0 Å². The van der Waals surface area contributed by atoms with Gasteiger partial charge < -0.3 is 15.4 Å². The fourth-order valence-electron chi connectivity index (χ4n) is 1.69. The summed E-state index contributed by atoms with van der Waals surface area (Å²) in [6, 6.07) is 5.20. The summed E-state index contributed by atoms with van der Waals surface area (Å²) in [6.07, 6.45) is 1.08. The zero-order valence-electron chi connectivity index (χ0n) is 11.6. The van der Waals surface area contributed by atoms with Crippen LogP contribution in [-0.2, 0) is 4.74 Å². The summed E-state index contributed by atoms with van der Waals surface area (Å²) in [5.74, 6) is 0.297. The van der Waals surface area contributed by atoms with E-state index >= 15 is 0 Å². The number of hydrogen-bond donors (Lipinski definition) is 1. The highest BCUT2D eigenvalue weighted by Gasteiger charge is 2.11. The SMILES string of the molecule is COC(=O)c1ccc(N)c(N(C)CCC(C)C)c1. The van der Waals surface area contributed by atoms with Gasteiger partial charge in [-0.05, 0) is 30.5 Å². The normalized spacial score (nSPS) is 10.5. The Kier molecular flexibility index (Phi) is 5.01. The number of benzene rings is 1. The maximum Gasteiger partial charge on any atom is 0.337 e. The van der Waals surface area contributed by atoms with Crippen LogP contribution in [0.4, 0.5) is 11.4 Å². The number of methoxy groups -OCH3 is 1. The van der Waals surface area contributed by atoms with E-state index < -0.39 is 0 Å². The molecule has 18 heavy (non-hydrogen) atoms. The van der Waals surface area contributed by atoms with Crippen molar-refractivity contribution in [3.05, 3.63) is 23.8 Å². The van der Waals surface area contributed by atoms with Crippen LogP contribution in [0.3, 0.4) is 0 Å². The quantitative estimate of drug-likeness (QED) is 0.644. The van der Waals surface area contributed by atoms with E-state index in [-0.39, 0.29) is 5.97 Å². The number of ether oxygens (including phenoxy) is 1. The molecule has 0 aliphatic carbocycles. The second-order valence-electron chi connectivity index (χ2n) is 4.87. The van der Waals surface area contributed by atoms with Crippen LogP contribution in [0.25, 0.3) is 0 Å². The van der Waals surface area contributed by atoms with Crippen LogP contribution < -0.4 is 10.6 Å². The smallest absolute Gasteiger partial charge is 0.337 e. The van der Waals surface area contributed by atoms with E-state index in [1.807, 2.05) is 7.05 Å². The second-order valence-corrected chi connectivity index (χ2v) is 4.87. The number of carbonyl (C=O) groups excluding carboxylic acids is 1. The maximum absolute atomic E-state index is 11.5. The summed E-state index contributed by atoms with van der Waals surface area (Å²) in [4.78, 5) is 13.6. The van der Waals surface area contributed by atoms with Gasteiger partial charge in [0.1, 0.15) is 0 Å². The lowest BCUT2D eigenvalue weighted by Crippen LogP contribution is -2.21. The Morgan fingerprint density at radius 3 is 2.67 bits per heavy atom. The number of anilines is 2. The number of hydrogen-bond acceptors (Lipinski definition) is 4. The molecule has 0 spiro atoms. The summed E-state index contributed by atoms with van der Waals surface area (Å²) >= 11 is 0. The highest BCUT2D eigenvalue weighted by atomic mass is 16.5. The molecule has 0 radical (unpaired) electrons. The molecule has 4 nitrogen and oxygen atoms in total. The van der Waals surface area contributed by atoms with Gasteiger partial charge in [0.25, 0.3) is 0 Å². The molecule has 0 aliphatic heterocycles. The lowest BCUT2D eigenvalue weighted by Gasteiger charge is -2.22. The van der Waals surface area contributed by atoms with Crippen LogP contribution in [0.15, 0.2) is 18.2 Å². The molecule has 0 atom stereocenters. The maximum atomic E-state index is 11.5. The molecule has 0 saturated heterocycles. The molecule has 0 fully saturated rings. The van der Waals surface area contributed by atoms with Crippen molar-refractivity contribution in [3.63, 3.8) is 0 Å². The first-order valence-corrected chi connectivity index (χ1v) is 6.14. The molecule has 0 aliphatic rings. The van der Waals surface area contributed by atoms with E-state index in [1.54, 1.807) is 18.2 Å². The van der Waals surface area contributed by atoms with Gasteiger partial charge in [0.15, 0.2) is 0 Å². The predicted molar refractivity (Wildman–Crippen MR) is 74.9 cm³/mol. The number of nitrogens with zero attached hydrogens (tertiary/aromatic N) is 1. The van der Waals surface area contributed by atoms with Gasteiger partial charge in [0.05, 0.1) is 24.0 Å². The summed E-state index contributed by atoms with van der Waals surface area (Å²) in [7, 11) is 3.36. The average molecular weight is 250 g/mol. The number of nitrogens with two attached hydrogens (primary N) is 1. The van der Waals surface area contributed by atoms with Gasteiger partial charge in [-0.2, -0.15) is 0 Å². The Morgan fingerprint density at radius 1 is 1.44 bits per heavy atom. The van der Waals surface area contributed by atoms with Crippen molar-refractivity contribution in [1.82, 2.24) is 0 Å². The van der Waals surface area contributed by atoms with Gasteiger partial charge in [-0.25, -0.2) is 4.79 Å². The van der Waals surface area contributed by atoms with Gasteiger partial charge in [-0.15, -0.1) is 0 Å². The molecule has 0 heterocycles. The van der Waals surface area contributed by atoms with E-state index in [0.717, 1.165) is 18.7 Å². The molecule has 1 aromatic carbocycles. The Balaban J connectivity index is 2.89. The van der Waals surface area contributed by atoms with Crippen LogP contribution in [0, 0.1) is 5.92 Å². The third kappa shape index (κ3) is 3.65. The van der Waals surface area contributed by atoms with Gasteiger partial charge in [-0.3, -0.25) is 0 Å². The predicted octanol–water partition coefficient (Wildman–Crippen LogP) is 2.54. The molecule has 0 amide bonds. The van der Waals surface area contributed by atoms with Crippen molar-refractivity contribution in [2.24, 2.45) is 5.92 Å². The first-order valence-electron chi connectivity index (χ1n) is 6.14. The Hall–Kier alpha value is -1.71. The summed E-state index contributed by atoms with van der Waals surface area (Å²) in [5.41, 5.74) is 8.02. The number of nitrogen functional groups attached to an aromatic ring is 1. The van der Waals surface area contributed by atoms with Crippen molar-refractivity contribution in [3.8, 4) is 0 Å². The molecule has 1 aromatic rings. The summed E-state index contributed by atoms with van der Waals surface area (Å²) in [5, 5.41) is 0. The molecule has 1 rings (SSSR count). The molecule has 0 saturated carbocycles. The van der Waals surface area contributed by atoms with E-state index in [1.165, 1.54) is 7.11 Å². The van der Waals surface area contributed by atoms with E-state index in [2.05, 4.69) is 18.7 Å². The van der Waals surface area contributed by atoms with Crippen LogP contribution >= 0.6 is 0 Å². The highest BCUT2D eigenvalue weighted by Crippen LogP contribution is 2.24. The fraction of sp³-hybridized carbons (Fsp3) is 0.500. The van der Waals surface area contributed by atoms with Crippen molar-refractivity contribution < 1.29 is 9.53 Å². The summed E-state index contributed by atoms with van der Waals surface area (Å²) in [6.45, 7) is 5.27. The van der Waals surface area contributed by atoms with E-state index in [9.17, 15) is 4.79 Å². The molecule has 2 N–H and O–H groups in total. The van der Waals surface area contributed by atoms with Gasteiger partial charge in [-0.1, -0.05) is 13.8 Å². The monoisotopic (exact) mass is 250 g/mol. The molecule has 100 valence electrons.